The third kappa shape index (κ3) is 4.81. The lowest BCUT2D eigenvalue weighted by molar-refractivity contribution is -0.149. The van der Waals surface area contributed by atoms with Gasteiger partial charge in [0.15, 0.2) is 0 Å². The van der Waals surface area contributed by atoms with Gasteiger partial charge in [-0.1, -0.05) is 41.9 Å². The van der Waals surface area contributed by atoms with Crippen LogP contribution in [0, 0.1) is 19.8 Å². The summed E-state index contributed by atoms with van der Waals surface area (Å²) in [6, 6.07) is 15.3. The molecule has 6 nitrogen and oxygen atoms in total. The second-order valence-electron chi connectivity index (χ2n) is 8.44. The quantitative estimate of drug-likeness (QED) is 0.484. The lowest BCUT2D eigenvalue weighted by Crippen LogP contribution is -2.43. The highest BCUT2D eigenvalue weighted by molar-refractivity contribution is 6.33. The van der Waals surface area contributed by atoms with Crippen molar-refractivity contribution in [3.05, 3.63) is 70.4 Å². The Balaban J connectivity index is 1.76. The largest absolute Gasteiger partial charge is 0.466 e. The molecule has 1 fully saturated rings. The van der Waals surface area contributed by atoms with E-state index in [1.54, 1.807) is 22.6 Å². The number of aromatic nitrogens is 2. The van der Waals surface area contributed by atoms with Gasteiger partial charge in [0.25, 0.3) is 5.91 Å². The zero-order chi connectivity index (χ0) is 23.5. The molecule has 4 rings (SSSR count). The molecule has 3 aromatic rings. The lowest BCUT2D eigenvalue weighted by Gasteiger charge is -2.31. The van der Waals surface area contributed by atoms with Gasteiger partial charge in [-0.3, -0.25) is 9.59 Å². The monoisotopic (exact) mass is 465 g/mol. The molecule has 0 radical (unpaired) electrons. The Morgan fingerprint density at radius 2 is 1.94 bits per heavy atom. The van der Waals surface area contributed by atoms with Crippen molar-refractivity contribution in [3.8, 4) is 16.9 Å². The van der Waals surface area contributed by atoms with Gasteiger partial charge in [-0.25, -0.2) is 4.68 Å². The number of amides is 1. The number of carbonyl (C=O) groups is 2. The molecule has 1 saturated heterocycles. The molecule has 7 heteroatoms. The number of nitrogens with zero attached hydrogens (tertiary/aromatic N) is 3. The van der Waals surface area contributed by atoms with Crippen LogP contribution in [-0.4, -0.2) is 46.3 Å². The van der Waals surface area contributed by atoms with Crippen LogP contribution in [0.5, 0.6) is 0 Å². The lowest BCUT2D eigenvalue weighted by atomic mass is 9.98. The summed E-state index contributed by atoms with van der Waals surface area (Å²) in [4.78, 5) is 27.8. The van der Waals surface area contributed by atoms with Crippen LogP contribution < -0.4 is 0 Å². The van der Waals surface area contributed by atoms with Gasteiger partial charge >= 0.3 is 5.97 Å². The van der Waals surface area contributed by atoms with E-state index in [0.717, 1.165) is 35.2 Å². The van der Waals surface area contributed by atoms with E-state index in [4.69, 9.17) is 21.4 Å². The van der Waals surface area contributed by atoms with Crippen LogP contribution in [-0.2, 0) is 9.53 Å². The van der Waals surface area contributed by atoms with Crippen LogP contribution in [0.25, 0.3) is 16.9 Å². The fourth-order valence-electron chi connectivity index (χ4n) is 4.24. The number of hydrogen-bond donors (Lipinski definition) is 0. The molecule has 0 saturated carbocycles. The van der Waals surface area contributed by atoms with E-state index in [1.165, 1.54) is 0 Å². The molecule has 1 unspecified atom stereocenters. The molecule has 2 heterocycles. The van der Waals surface area contributed by atoms with E-state index in [2.05, 4.69) is 0 Å². The van der Waals surface area contributed by atoms with Gasteiger partial charge in [0.2, 0.25) is 0 Å². The summed E-state index contributed by atoms with van der Waals surface area (Å²) >= 11 is 6.44. The fourth-order valence-corrected chi connectivity index (χ4v) is 4.47. The number of rotatable bonds is 5. The van der Waals surface area contributed by atoms with Crippen molar-refractivity contribution in [1.82, 2.24) is 14.7 Å². The Hall–Kier alpha value is -3.12. The second-order valence-corrected chi connectivity index (χ2v) is 8.85. The average molecular weight is 466 g/mol. The van der Waals surface area contributed by atoms with Crippen LogP contribution in [0.1, 0.15) is 41.4 Å². The number of ether oxygens (including phenoxy) is 1. The summed E-state index contributed by atoms with van der Waals surface area (Å²) in [5, 5.41) is 5.38. The topological polar surface area (TPSA) is 64.4 Å². The fraction of sp³-hybridized carbons (Fsp3) is 0.346. The van der Waals surface area contributed by atoms with Crippen LogP contribution in [0.2, 0.25) is 5.02 Å². The molecule has 2 aromatic carbocycles. The molecule has 172 valence electrons. The van der Waals surface area contributed by atoms with Crippen molar-refractivity contribution in [2.45, 2.75) is 33.6 Å². The summed E-state index contributed by atoms with van der Waals surface area (Å²) in [5.41, 5.74) is 4.76. The molecule has 0 aliphatic carbocycles. The summed E-state index contributed by atoms with van der Waals surface area (Å²) in [5.74, 6) is -0.701. The zero-order valence-electron chi connectivity index (χ0n) is 19.2. The smallest absolute Gasteiger partial charge is 0.310 e. The Bertz CT molecular complexity index is 1190. The van der Waals surface area contributed by atoms with E-state index in [1.807, 2.05) is 56.3 Å². The molecule has 1 aliphatic heterocycles. The number of benzene rings is 2. The van der Waals surface area contributed by atoms with E-state index >= 15 is 0 Å². The van der Waals surface area contributed by atoms with Gasteiger partial charge in [-0.2, -0.15) is 5.10 Å². The van der Waals surface area contributed by atoms with Crippen LogP contribution in [0.15, 0.2) is 48.5 Å². The number of halogens is 1. The maximum atomic E-state index is 13.7. The van der Waals surface area contributed by atoms with E-state index < -0.39 is 0 Å². The van der Waals surface area contributed by atoms with E-state index in [-0.39, 0.29) is 17.8 Å². The summed E-state index contributed by atoms with van der Waals surface area (Å²) in [6.07, 6.45) is 1.48. The Labute approximate surface area is 199 Å². The standard InChI is InChI=1S/C26H28ClN3O3/c1-4-33-26(32)19-8-7-13-29(16-19)25(31)24-15-22(20-9-5-6-10-21(20)27)28-30(24)23-14-17(2)11-12-18(23)3/h5-6,9-12,14-15,19H,4,7-8,13,16H2,1-3H3. The molecule has 0 spiro atoms. The number of piperidine rings is 1. The van der Waals surface area contributed by atoms with Gasteiger partial charge < -0.3 is 9.64 Å². The predicted molar refractivity (Wildman–Crippen MR) is 129 cm³/mol. The zero-order valence-corrected chi connectivity index (χ0v) is 19.9. The minimum Gasteiger partial charge on any atom is -0.466 e. The predicted octanol–water partition coefficient (Wildman–Crippen LogP) is 5.22. The van der Waals surface area contributed by atoms with Gasteiger partial charge in [0.05, 0.1) is 28.9 Å². The summed E-state index contributed by atoms with van der Waals surface area (Å²) in [6.45, 7) is 7.08. The van der Waals surface area contributed by atoms with Crippen LogP contribution in [0.4, 0.5) is 0 Å². The SMILES string of the molecule is CCOC(=O)C1CCCN(C(=O)c2cc(-c3ccccc3Cl)nn2-c2cc(C)ccc2C)C1. The van der Waals surface area contributed by atoms with Gasteiger partial charge in [-0.15, -0.1) is 0 Å². The Kier molecular flexibility index (Phi) is 6.84. The van der Waals surface area contributed by atoms with Crippen molar-refractivity contribution in [1.29, 1.82) is 0 Å². The normalized spacial score (nSPS) is 16.0. The average Bonchev–Trinajstić information content (AvgIpc) is 3.25. The summed E-state index contributed by atoms with van der Waals surface area (Å²) < 4.78 is 6.91. The first-order valence-corrected chi connectivity index (χ1v) is 11.6. The number of hydrogen-bond acceptors (Lipinski definition) is 4. The Morgan fingerprint density at radius 1 is 1.15 bits per heavy atom. The summed E-state index contributed by atoms with van der Waals surface area (Å²) in [7, 11) is 0. The van der Waals surface area contributed by atoms with Crippen molar-refractivity contribution in [3.63, 3.8) is 0 Å². The van der Waals surface area contributed by atoms with Gasteiger partial charge in [0, 0.05) is 18.7 Å². The van der Waals surface area contributed by atoms with Crippen molar-refractivity contribution < 1.29 is 14.3 Å². The molecule has 33 heavy (non-hydrogen) atoms. The highest BCUT2D eigenvalue weighted by Gasteiger charge is 2.32. The maximum Gasteiger partial charge on any atom is 0.310 e. The third-order valence-electron chi connectivity index (χ3n) is 6.00. The number of esters is 1. The Morgan fingerprint density at radius 3 is 2.70 bits per heavy atom. The number of aryl methyl sites for hydroxylation is 2. The first kappa shape index (κ1) is 23.1. The highest BCUT2D eigenvalue weighted by atomic mass is 35.5. The first-order chi connectivity index (χ1) is 15.9. The van der Waals surface area contributed by atoms with Gasteiger partial charge in [0.1, 0.15) is 5.69 Å². The van der Waals surface area contributed by atoms with Crippen LogP contribution >= 0.6 is 11.6 Å². The van der Waals surface area contributed by atoms with Crippen LogP contribution in [0.3, 0.4) is 0 Å². The van der Waals surface area contributed by atoms with Gasteiger partial charge in [-0.05, 0) is 62.9 Å². The first-order valence-electron chi connectivity index (χ1n) is 11.3. The molecule has 1 atom stereocenters. The minimum atomic E-state index is -0.303. The molecule has 1 aromatic heterocycles. The van der Waals surface area contributed by atoms with Crippen molar-refractivity contribution in [2.75, 3.05) is 19.7 Å². The van der Waals surface area contributed by atoms with Crippen molar-refractivity contribution >= 4 is 23.5 Å². The molecular formula is C26H28ClN3O3. The van der Waals surface area contributed by atoms with Crippen molar-refractivity contribution in [2.24, 2.45) is 5.92 Å². The minimum absolute atomic E-state index is 0.157. The second kappa shape index (κ2) is 9.79. The molecule has 0 bridgehead atoms. The molecule has 0 N–H and O–H groups in total. The molecule has 1 amide bonds. The third-order valence-corrected chi connectivity index (χ3v) is 6.33. The number of likely N-dealkylation sites (tertiary alicyclic amines) is 1. The maximum absolute atomic E-state index is 13.7. The molecule has 1 aliphatic rings. The molecular weight excluding hydrogens is 438 g/mol. The van der Waals surface area contributed by atoms with E-state index in [9.17, 15) is 9.59 Å². The highest BCUT2D eigenvalue weighted by Crippen LogP contribution is 2.30. The van der Waals surface area contributed by atoms with E-state index in [0.29, 0.717) is 36.1 Å². The number of carbonyl (C=O) groups excluding carboxylic acids is 2.